The first-order chi connectivity index (χ1) is 9.10. The highest BCUT2D eigenvalue weighted by molar-refractivity contribution is 5.72. The first-order valence-electron chi connectivity index (χ1n) is 8.30. The maximum absolute atomic E-state index is 11.9. The molecule has 1 saturated carbocycles. The van der Waals surface area contributed by atoms with Gasteiger partial charge in [-0.3, -0.25) is 4.79 Å². The van der Waals surface area contributed by atoms with Crippen molar-refractivity contribution in [1.82, 2.24) is 0 Å². The Morgan fingerprint density at radius 2 is 1.95 bits per heavy atom. The van der Waals surface area contributed by atoms with Crippen LogP contribution in [0.25, 0.3) is 0 Å². The van der Waals surface area contributed by atoms with E-state index in [1.165, 1.54) is 44.9 Å². The predicted molar refractivity (Wildman–Crippen MR) is 77.9 cm³/mol. The molecule has 0 aromatic heterocycles. The molecule has 0 radical (unpaired) electrons. The Labute approximate surface area is 118 Å². The summed E-state index contributed by atoms with van der Waals surface area (Å²) in [5.74, 6) is 0.840. The lowest BCUT2D eigenvalue weighted by atomic mass is 9.60. The number of rotatable bonds is 4. The molecule has 3 atom stereocenters. The molecule has 1 saturated heterocycles. The molecule has 110 valence electrons. The van der Waals surface area contributed by atoms with Crippen molar-refractivity contribution < 1.29 is 9.53 Å². The van der Waals surface area contributed by atoms with Crippen LogP contribution in [0.2, 0.25) is 0 Å². The second-order valence-electron chi connectivity index (χ2n) is 6.89. The fraction of sp³-hybridized carbons (Fsp3) is 0.941. The number of cyclic esters (lactones) is 1. The molecule has 2 nitrogen and oxygen atoms in total. The van der Waals surface area contributed by atoms with E-state index >= 15 is 0 Å². The lowest BCUT2D eigenvalue weighted by Gasteiger charge is -2.49. The highest BCUT2D eigenvalue weighted by Crippen LogP contribution is 2.50. The van der Waals surface area contributed by atoms with Crippen LogP contribution in [0.1, 0.15) is 78.6 Å². The third-order valence-electron chi connectivity index (χ3n) is 5.65. The van der Waals surface area contributed by atoms with E-state index in [0.29, 0.717) is 5.92 Å². The van der Waals surface area contributed by atoms with Crippen LogP contribution in [0, 0.1) is 17.3 Å². The molecule has 2 fully saturated rings. The zero-order chi connectivity index (χ0) is 13.9. The minimum Gasteiger partial charge on any atom is -0.462 e. The second-order valence-corrected chi connectivity index (χ2v) is 6.89. The third kappa shape index (κ3) is 2.98. The van der Waals surface area contributed by atoms with Crippen molar-refractivity contribution in [2.45, 2.75) is 84.7 Å². The summed E-state index contributed by atoms with van der Waals surface area (Å²) < 4.78 is 5.87. The summed E-state index contributed by atoms with van der Waals surface area (Å²) in [6.07, 6.45) is 11.3. The summed E-state index contributed by atoms with van der Waals surface area (Å²) in [5.41, 5.74) is 0.282. The van der Waals surface area contributed by atoms with Crippen LogP contribution < -0.4 is 0 Å². The Bertz CT molecular complexity index is 304. The molecule has 2 heteroatoms. The van der Waals surface area contributed by atoms with E-state index < -0.39 is 0 Å². The van der Waals surface area contributed by atoms with Crippen molar-refractivity contribution in [3.63, 3.8) is 0 Å². The fourth-order valence-electron chi connectivity index (χ4n) is 4.30. The third-order valence-corrected chi connectivity index (χ3v) is 5.65. The monoisotopic (exact) mass is 266 g/mol. The molecule has 0 spiro atoms. The quantitative estimate of drug-likeness (QED) is 0.688. The minimum atomic E-state index is 0.0462. The maximum atomic E-state index is 11.9. The van der Waals surface area contributed by atoms with Gasteiger partial charge in [0.25, 0.3) is 0 Å². The van der Waals surface area contributed by atoms with Crippen LogP contribution in [-0.4, -0.2) is 12.1 Å². The molecule has 0 bridgehead atoms. The standard InChI is InChI=1S/C17H30O2/c1-4-8-14(3)17(11-6-5-7-12-17)15-10-9-13(2)16(18)19-15/h13-15H,4-12H2,1-3H3/t13-,14?,15+/m1/s1. The first kappa shape index (κ1) is 14.9. The van der Waals surface area contributed by atoms with E-state index in [-0.39, 0.29) is 23.4 Å². The molecule has 1 heterocycles. The van der Waals surface area contributed by atoms with E-state index in [2.05, 4.69) is 13.8 Å². The summed E-state index contributed by atoms with van der Waals surface area (Å²) in [6, 6.07) is 0. The summed E-state index contributed by atoms with van der Waals surface area (Å²) in [7, 11) is 0. The van der Waals surface area contributed by atoms with Gasteiger partial charge in [0, 0.05) is 5.41 Å². The van der Waals surface area contributed by atoms with E-state index in [0.717, 1.165) is 12.8 Å². The molecule has 19 heavy (non-hydrogen) atoms. The largest absolute Gasteiger partial charge is 0.462 e. The predicted octanol–water partition coefficient (Wildman–Crippen LogP) is 4.71. The topological polar surface area (TPSA) is 26.3 Å². The molecule has 2 rings (SSSR count). The van der Waals surface area contributed by atoms with E-state index in [4.69, 9.17) is 4.74 Å². The van der Waals surface area contributed by atoms with Gasteiger partial charge in [0.2, 0.25) is 0 Å². The molecular formula is C17H30O2. The molecule has 0 aromatic rings. The Kier molecular flexibility index (Phi) is 4.92. The van der Waals surface area contributed by atoms with Crippen molar-refractivity contribution in [2.24, 2.45) is 17.3 Å². The SMILES string of the molecule is CCCC(C)C1([C@@H]2CC[C@@H](C)C(=O)O2)CCCCC1. The Morgan fingerprint density at radius 1 is 1.26 bits per heavy atom. The summed E-state index contributed by atoms with van der Waals surface area (Å²) in [5, 5.41) is 0. The fourth-order valence-corrected chi connectivity index (χ4v) is 4.30. The van der Waals surface area contributed by atoms with E-state index in [1.54, 1.807) is 0 Å². The number of carbonyl (C=O) groups is 1. The highest BCUT2D eigenvalue weighted by atomic mass is 16.5. The number of ether oxygens (including phenoxy) is 1. The lowest BCUT2D eigenvalue weighted by Crippen LogP contribution is -2.47. The number of hydrogen-bond acceptors (Lipinski definition) is 2. The summed E-state index contributed by atoms with van der Waals surface area (Å²) >= 11 is 0. The lowest BCUT2D eigenvalue weighted by molar-refractivity contribution is -0.176. The molecule has 0 N–H and O–H groups in total. The van der Waals surface area contributed by atoms with Gasteiger partial charge in [-0.25, -0.2) is 0 Å². The Hall–Kier alpha value is -0.530. The van der Waals surface area contributed by atoms with Crippen molar-refractivity contribution in [3.05, 3.63) is 0 Å². The van der Waals surface area contributed by atoms with Gasteiger partial charge in [-0.15, -0.1) is 0 Å². The van der Waals surface area contributed by atoms with Gasteiger partial charge in [0.1, 0.15) is 6.10 Å². The van der Waals surface area contributed by atoms with Gasteiger partial charge in [-0.05, 0) is 31.6 Å². The minimum absolute atomic E-state index is 0.0462. The highest BCUT2D eigenvalue weighted by Gasteiger charge is 2.47. The zero-order valence-corrected chi connectivity index (χ0v) is 12.9. The smallest absolute Gasteiger partial charge is 0.308 e. The average molecular weight is 266 g/mol. The van der Waals surface area contributed by atoms with Crippen LogP contribution in [-0.2, 0) is 9.53 Å². The van der Waals surface area contributed by atoms with Crippen LogP contribution in [0.5, 0.6) is 0 Å². The van der Waals surface area contributed by atoms with Crippen molar-refractivity contribution in [1.29, 1.82) is 0 Å². The van der Waals surface area contributed by atoms with Gasteiger partial charge in [-0.2, -0.15) is 0 Å². The Balaban J connectivity index is 2.15. The van der Waals surface area contributed by atoms with Gasteiger partial charge in [-0.1, -0.05) is 52.9 Å². The summed E-state index contributed by atoms with van der Waals surface area (Å²) in [6.45, 7) is 6.66. The molecule has 0 aromatic carbocycles. The first-order valence-corrected chi connectivity index (χ1v) is 8.30. The molecule has 1 aliphatic heterocycles. The zero-order valence-electron chi connectivity index (χ0n) is 12.9. The van der Waals surface area contributed by atoms with Gasteiger partial charge < -0.3 is 4.74 Å². The van der Waals surface area contributed by atoms with E-state index in [1.807, 2.05) is 6.92 Å². The molecule has 1 unspecified atom stereocenters. The van der Waals surface area contributed by atoms with Crippen LogP contribution in [0.15, 0.2) is 0 Å². The number of esters is 1. The van der Waals surface area contributed by atoms with Crippen LogP contribution >= 0.6 is 0 Å². The van der Waals surface area contributed by atoms with Crippen LogP contribution in [0.4, 0.5) is 0 Å². The van der Waals surface area contributed by atoms with Crippen molar-refractivity contribution in [3.8, 4) is 0 Å². The van der Waals surface area contributed by atoms with Crippen molar-refractivity contribution in [2.75, 3.05) is 0 Å². The molecular weight excluding hydrogens is 236 g/mol. The Morgan fingerprint density at radius 3 is 2.53 bits per heavy atom. The van der Waals surface area contributed by atoms with Gasteiger partial charge in [0.15, 0.2) is 0 Å². The van der Waals surface area contributed by atoms with Crippen molar-refractivity contribution >= 4 is 5.97 Å². The second kappa shape index (κ2) is 6.28. The summed E-state index contributed by atoms with van der Waals surface area (Å²) in [4.78, 5) is 11.9. The number of carbonyl (C=O) groups excluding carboxylic acids is 1. The number of hydrogen-bond donors (Lipinski definition) is 0. The average Bonchev–Trinajstić information content (AvgIpc) is 2.43. The van der Waals surface area contributed by atoms with E-state index in [9.17, 15) is 4.79 Å². The van der Waals surface area contributed by atoms with Gasteiger partial charge >= 0.3 is 5.97 Å². The molecule has 1 aliphatic carbocycles. The maximum Gasteiger partial charge on any atom is 0.308 e. The van der Waals surface area contributed by atoms with Gasteiger partial charge in [0.05, 0.1) is 5.92 Å². The van der Waals surface area contributed by atoms with Crippen LogP contribution in [0.3, 0.4) is 0 Å². The molecule has 0 amide bonds. The molecule has 2 aliphatic rings. The normalized spacial score (nSPS) is 32.7.